The molecule has 0 aliphatic carbocycles. The lowest BCUT2D eigenvalue weighted by molar-refractivity contribution is -0.164. The average Bonchev–Trinajstić information content (AvgIpc) is 0.742. The van der Waals surface area contributed by atoms with Gasteiger partial charge in [-0.15, -0.1) is 0 Å². The second-order valence-electron chi connectivity index (χ2n) is 34.1. The zero-order valence-electron chi connectivity index (χ0n) is 74.4. The van der Waals surface area contributed by atoms with Crippen molar-refractivity contribution in [2.24, 2.45) is 47.3 Å². The fraction of sp³-hybridized carbons (Fsp3) is 0.686. The molecule has 0 bridgehead atoms. The number of rotatable bonds is 46. The fourth-order valence-electron chi connectivity index (χ4n) is 14.7. The third-order valence-corrected chi connectivity index (χ3v) is 26.7. The van der Waals surface area contributed by atoms with Crippen LogP contribution >= 0.6 is 0 Å². The molecule has 114 heavy (non-hydrogen) atoms. The Kier molecular flexibility index (Phi) is 41.9. The van der Waals surface area contributed by atoms with E-state index in [4.69, 9.17) is 13.9 Å². The fourth-order valence-corrected chi connectivity index (χ4v) is 19.3. The molecule has 0 radical (unpaired) electrons. The van der Waals surface area contributed by atoms with E-state index in [0.717, 1.165) is 15.3 Å². The van der Waals surface area contributed by atoms with E-state index in [0.29, 0.717) is 6.42 Å². The molecule has 0 unspecified atom stereocenters. The van der Waals surface area contributed by atoms with Crippen molar-refractivity contribution in [1.82, 2.24) is 55.6 Å². The van der Waals surface area contributed by atoms with Gasteiger partial charge in [-0.25, -0.2) is 4.79 Å². The van der Waals surface area contributed by atoms with Crippen molar-refractivity contribution in [2.45, 2.75) is 262 Å². The van der Waals surface area contributed by atoms with Gasteiger partial charge in [-0.05, 0) is 118 Å². The number of hydrogen-bond acceptors (Lipinski definition) is 17. The minimum absolute atomic E-state index is 0.0608. The summed E-state index contributed by atoms with van der Waals surface area (Å²) in [6, 6.07) is 8.33. The molecule has 642 valence electrons. The topological polar surface area (TPSA) is 320 Å². The lowest BCUT2D eigenvalue weighted by atomic mass is 9.84. The number of ketones is 1. The van der Waals surface area contributed by atoms with Crippen LogP contribution in [0.4, 0.5) is 0 Å². The van der Waals surface area contributed by atoms with Gasteiger partial charge in [-0.2, -0.15) is 0 Å². The Morgan fingerprint density at radius 3 is 1.39 bits per heavy atom. The number of nitrogens with one attached hydrogen (secondary N) is 4. The number of carbonyl (C=O) groups excluding carboxylic acids is 13. The van der Waals surface area contributed by atoms with Crippen molar-refractivity contribution in [1.29, 1.82) is 0 Å². The van der Waals surface area contributed by atoms with Crippen LogP contribution in [0, 0.1) is 47.3 Å². The maximum absolute atomic E-state index is 15.4. The average molecular weight is 1620 g/mol. The molecule has 0 fully saturated rings. The van der Waals surface area contributed by atoms with Gasteiger partial charge < -0.3 is 69.5 Å². The van der Waals surface area contributed by atoms with Gasteiger partial charge in [0.15, 0.2) is 5.78 Å². The standard InChI is InChI=1S/C86H143N11O16Si/c1-31-33-40-57(13)75(113-63(19)99)74(78(103)90-67(32-2)85(110)111-46-45-91(24)62(18)98)97(30)84(109)72(56(11)12)95(28)83(108)70(49-54(7)8)94(27)82(107)69(48-53(5)6)93(26)80(105)61(17)89-76(101)59(15)88-77(102)68(47-52(3)4)92(25)81(106)66(55(9)10)50-71(100)73(96(29)79(104)60(16)87-23)58(14)51-112-114(86(20,21)22,64-41-36-34-37-42-64)65-43-38-35-39-44-65/h31,33-39,41-44,52-61,66-70,72-75,87H,32,40,45-51H2,1-30H3,(H,88,102)(H,89,101)(H,90,103)/b33-31+/t57-,58+,59+,60-,61-,66+,67+,68+,69+,70+,72+,73+,74+,75-/m1/s1. The molecular formula is C86H143N11O16Si. The number of amides is 10. The number of likely N-dealkylation sites (N-methyl/N-ethyl adjacent to an activating group) is 8. The third-order valence-electron chi connectivity index (χ3n) is 21.7. The Morgan fingerprint density at radius 2 is 0.947 bits per heavy atom. The molecule has 14 atom stereocenters. The van der Waals surface area contributed by atoms with Crippen LogP contribution in [0.1, 0.15) is 191 Å². The van der Waals surface area contributed by atoms with E-state index in [9.17, 15) is 38.4 Å². The van der Waals surface area contributed by atoms with Gasteiger partial charge >= 0.3 is 11.9 Å². The van der Waals surface area contributed by atoms with E-state index in [1.165, 1.54) is 92.3 Å². The first-order chi connectivity index (χ1) is 52.9. The van der Waals surface area contributed by atoms with Crippen LogP contribution < -0.4 is 31.6 Å². The summed E-state index contributed by atoms with van der Waals surface area (Å²) in [5.41, 5.74) is 0. The molecule has 27 nitrogen and oxygen atoms in total. The van der Waals surface area contributed by atoms with Crippen molar-refractivity contribution in [3.05, 3.63) is 72.8 Å². The van der Waals surface area contributed by atoms with E-state index in [1.54, 1.807) is 68.8 Å². The van der Waals surface area contributed by atoms with Gasteiger partial charge in [0.25, 0.3) is 8.32 Å². The summed E-state index contributed by atoms with van der Waals surface area (Å²) >= 11 is 0. The number of esters is 2. The SMILES string of the molecule is C/C=C/C[C@@H](C)[C@@H](OC(C)=O)[C@@H](C(=O)N[C@@H](CC)C(=O)OCCN(C)C(C)=O)N(C)C(=O)[C@H](C(C)C)N(C)C(=O)[C@H](CC(C)C)N(C)C(=O)[C@H](CC(C)C)N(C)C(=O)[C@@H](C)NC(=O)[C@H](C)NC(=O)[C@H](CC(C)C)N(C)C(=O)[C@@H](CC(=O)[C@H]([C@@H](C)CO[Si](c1ccccc1)(c1ccccc1)C(C)(C)C)N(C)C(=O)[C@@H](C)NC)C(C)C. The largest absolute Gasteiger partial charge is 0.462 e. The summed E-state index contributed by atoms with van der Waals surface area (Å²) in [5, 5.41) is 12.9. The van der Waals surface area contributed by atoms with Crippen molar-refractivity contribution >= 4 is 95.5 Å². The van der Waals surface area contributed by atoms with Gasteiger partial charge in [-0.3, -0.25) is 57.5 Å². The maximum atomic E-state index is 15.4. The van der Waals surface area contributed by atoms with Gasteiger partial charge in [0.2, 0.25) is 59.1 Å². The van der Waals surface area contributed by atoms with E-state index >= 15 is 24.0 Å². The number of benzene rings is 2. The number of hydrogen-bond donors (Lipinski definition) is 4. The molecule has 2 rings (SSSR count). The van der Waals surface area contributed by atoms with Crippen molar-refractivity contribution in [3.63, 3.8) is 0 Å². The third kappa shape index (κ3) is 28.2. The zero-order chi connectivity index (χ0) is 87.5. The van der Waals surface area contributed by atoms with Gasteiger partial charge in [0, 0.05) is 88.0 Å². The molecule has 10 amide bonds. The second kappa shape index (κ2) is 47.0. The molecule has 2 aromatic carbocycles. The Balaban J connectivity index is 2.57. The highest BCUT2D eigenvalue weighted by Crippen LogP contribution is 2.38. The molecule has 0 saturated carbocycles. The van der Waals surface area contributed by atoms with E-state index in [2.05, 4.69) is 66.3 Å². The summed E-state index contributed by atoms with van der Waals surface area (Å²) < 4.78 is 18.7. The van der Waals surface area contributed by atoms with Gasteiger partial charge in [0.1, 0.15) is 61.0 Å². The van der Waals surface area contributed by atoms with Crippen LogP contribution in [0.2, 0.25) is 5.04 Å². The first-order valence-electron chi connectivity index (χ1n) is 40.6. The maximum Gasteiger partial charge on any atom is 0.328 e. The Bertz CT molecular complexity index is 3490. The van der Waals surface area contributed by atoms with Crippen LogP contribution in [0.25, 0.3) is 0 Å². The number of allylic oxidation sites excluding steroid dienone is 2. The summed E-state index contributed by atoms with van der Waals surface area (Å²) in [6.45, 7) is 39.0. The quantitative estimate of drug-likeness (QED) is 0.0288. The minimum Gasteiger partial charge on any atom is -0.462 e. The Hall–Kier alpha value is -8.37. The normalized spacial score (nSPS) is 15.6. The zero-order valence-corrected chi connectivity index (χ0v) is 75.4. The van der Waals surface area contributed by atoms with Crippen LogP contribution in [0.5, 0.6) is 0 Å². The van der Waals surface area contributed by atoms with Crippen molar-refractivity contribution in [3.8, 4) is 0 Å². The second-order valence-corrected chi connectivity index (χ2v) is 38.4. The summed E-state index contributed by atoms with van der Waals surface area (Å²) in [4.78, 5) is 196. The molecule has 0 saturated heterocycles. The van der Waals surface area contributed by atoms with Crippen LogP contribution in [0.3, 0.4) is 0 Å². The number of ether oxygens (including phenoxy) is 2. The first-order valence-corrected chi connectivity index (χ1v) is 42.5. The highest BCUT2D eigenvalue weighted by atomic mass is 28.4. The molecule has 2 aromatic rings. The molecule has 0 aliphatic heterocycles. The van der Waals surface area contributed by atoms with Crippen molar-refractivity contribution in [2.75, 3.05) is 76.1 Å². The van der Waals surface area contributed by atoms with E-state index in [-0.39, 0.29) is 87.2 Å². The Labute approximate surface area is 682 Å². The first kappa shape index (κ1) is 102. The lowest BCUT2D eigenvalue weighted by Crippen LogP contribution is -2.67. The predicted octanol–water partition coefficient (Wildman–Crippen LogP) is 7.25. The molecule has 28 heteroatoms. The number of Topliss-reactive ketones (excluding diaryl/α,β-unsaturated/α-hetero) is 1. The summed E-state index contributed by atoms with van der Waals surface area (Å²) in [6.07, 6.45) is 2.80. The number of nitrogens with zero attached hydrogens (tertiary/aromatic N) is 7. The summed E-state index contributed by atoms with van der Waals surface area (Å²) in [7, 11) is 8.85. The van der Waals surface area contributed by atoms with Crippen LogP contribution in [0.15, 0.2) is 72.8 Å². The number of carbonyl (C=O) groups is 13. The predicted molar refractivity (Wildman–Crippen MR) is 448 cm³/mol. The van der Waals surface area contributed by atoms with Gasteiger partial charge in [-0.1, -0.05) is 184 Å². The van der Waals surface area contributed by atoms with Crippen LogP contribution in [-0.4, -0.2) is 262 Å². The van der Waals surface area contributed by atoms with E-state index < -0.39 is 169 Å². The summed E-state index contributed by atoms with van der Waals surface area (Å²) in [5.74, 6) is -11.6. The highest BCUT2D eigenvalue weighted by Gasteiger charge is 2.52. The highest BCUT2D eigenvalue weighted by molar-refractivity contribution is 6.99. The monoisotopic (exact) mass is 1610 g/mol. The van der Waals surface area contributed by atoms with Crippen molar-refractivity contribution < 1.29 is 76.2 Å². The van der Waals surface area contributed by atoms with Gasteiger partial charge in [0.05, 0.1) is 18.6 Å². The smallest absolute Gasteiger partial charge is 0.328 e. The molecular weight excluding hydrogens is 1470 g/mol. The Morgan fingerprint density at radius 1 is 0.500 bits per heavy atom. The molecule has 0 spiro atoms. The van der Waals surface area contributed by atoms with E-state index in [1.807, 2.05) is 105 Å². The lowest BCUT2D eigenvalue weighted by Gasteiger charge is -2.44. The molecule has 0 aromatic heterocycles. The minimum atomic E-state index is -3.12. The van der Waals surface area contributed by atoms with Crippen LogP contribution in [-0.2, 0) is 76.2 Å². The molecule has 0 heterocycles. The molecule has 0 aliphatic rings. The molecule has 4 N–H and O–H groups in total.